The molecule has 0 fully saturated rings. The lowest BCUT2D eigenvalue weighted by Crippen LogP contribution is -1.99. The average Bonchev–Trinajstić information content (AvgIpc) is 2.43. The summed E-state index contributed by atoms with van der Waals surface area (Å²) in [7, 11) is 0. The molecule has 0 aliphatic rings. The van der Waals surface area contributed by atoms with Gasteiger partial charge in [-0.1, -0.05) is 56.2 Å². The first-order chi connectivity index (χ1) is 9.77. The molecule has 0 spiro atoms. The van der Waals surface area contributed by atoms with Gasteiger partial charge in [0.1, 0.15) is 0 Å². The Bertz CT molecular complexity index is 301. The number of allylic oxidation sites excluding steroid dienone is 6. The fraction of sp³-hybridized carbons (Fsp3) is 0.611. The van der Waals surface area contributed by atoms with Gasteiger partial charge in [0.05, 0.1) is 6.61 Å². The first-order valence-corrected chi connectivity index (χ1v) is 7.87. The number of carbonyl (C=O) groups excluding carboxylic acids is 1. The second-order valence-corrected chi connectivity index (χ2v) is 4.88. The highest BCUT2D eigenvalue weighted by Gasteiger charge is 1.89. The molecule has 0 saturated heterocycles. The highest BCUT2D eigenvalue weighted by atomic mass is 16.5. The summed E-state index contributed by atoms with van der Waals surface area (Å²) in [6, 6.07) is 0. The van der Waals surface area contributed by atoms with E-state index in [0.717, 1.165) is 19.3 Å². The number of hydrogen-bond donors (Lipinski definition) is 0. The first kappa shape index (κ1) is 18.7. The van der Waals surface area contributed by atoms with Gasteiger partial charge in [-0.05, 0) is 38.5 Å². The Morgan fingerprint density at radius 3 is 2.00 bits per heavy atom. The van der Waals surface area contributed by atoms with E-state index in [4.69, 9.17) is 4.74 Å². The van der Waals surface area contributed by atoms with E-state index in [1.54, 1.807) is 0 Å². The lowest BCUT2D eigenvalue weighted by molar-refractivity contribution is -0.141. The summed E-state index contributed by atoms with van der Waals surface area (Å²) in [5, 5.41) is 0. The molecule has 0 aromatic heterocycles. The molecule has 0 atom stereocenters. The molecule has 0 aromatic carbocycles. The Labute approximate surface area is 124 Å². The molecule has 0 N–H and O–H groups in total. The minimum Gasteiger partial charge on any atom is -0.466 e. The Kier molecular flexibility index (Phi) is 14.7. The molecular formula is C18H30O2. The molecule has 0 heterocycles. The van der Waals surface area contributed by atoms with Crippen molar-refractivity contribution >= 4 is 5.97 Å². The van der Waals surface area contributed by atoms with Crippen molar-refractivity contribution in [3.8, 4) is 0 Å². The predicted octanol–water partition coefficient (Wildman–Crippen LogP) is 5.36. The lowest BCUT2D eigenvalue weighted by atomic mass is 10.2. The van der Waals surface area contributed by atoms with Gasteiger partial charge in [0.15, 0.2) is 0 Å². The van der Waals surface area contributed by atoms with Crippen molar-refractivity contribution < 1.29 is 9.53 Å². The van der Waals surface area contributed by atoms with Crippen LogP contribution in [0.1, 0.15) is 65.2 Å². The fourth-order valence-electron chi connectivity index (χ4n) is 1.68. The zero-order valence-electron chi connectivity index (χ0n) is 13.1. The van der Waals surface area contributed by atoms with E-state index in [-0.39, 0.29) is 5.97 Å². The fourth-order valence-corrected chi connectivity index (χ4v) is 1.68. The maximum absolute atomic E-state index is 10.5. The molecule has 0 radical (unpaired) electrons. The maximum atomic E-state index is 10.5. The first-order valence-electron chi connectivity index (χ1n) is 7.87. The van der Waals surface area contributed by atoms with Gasteiger partial charge in [-0.15, -0.1) is 0 Å². The van der Waals surface area contributed by atoms with Gasteiger partial charge in [-0.3, -0.25) is 4.79 Å². The number of ether oxygens (including phenoxy) is 1. The second-order valence-electron chi connectivity index (χ2n) is 4.88. The standard InChI is InChI=1S/C18H30O2/c1-3-4-5-6-7-8-9-10-11-12-13-14-15-16-17-20-18(2)19/h6-7,11-14H,3-5,8-10,15-17H2,1-2H3. The van der Waals surface area contributed by atoms with Gasteiger partial charge >= 0.3 is 5.97 Å². The smallest absolute Gasteiger partial charge is 0.302 e. The summed E-state index contributed by atoms with van der Waals surface area (Å²) in [5.41, 5.74) is 0. The van der Waals surface area contributed by atoms with Gasteiger partial charge in [-0.2, -0.15) is 0 Å². The number of unbranched alkanes of at least 4 members (excludes halogenated alkanes) is 5. The quantitative estimate of drug-likeness (QED) is 0.208. The van der Waals surface area contributed by atoms with Gasteiger partial charge < -0.3 is 4.74 Å². The molecule has 0 aliphatic carbocycles. The maximum Gasteiger partial charge on any atom is 0.302 e. The Morgan fingerprint density at radius 1 is 0.850 bits per heavy atom. The van der Waals surface area contributed by atoms with E-state index < -0.39 is 0 Å². The molecule has 0 aromatic rings. The highest BCUT2D eigenvalue weighted by molar-refractivity contribution is 5.65. The van der Waals surface area contributed by atoms with Crippen LogP contribution in [0.15, 0.2) is 36.5 Å². The number of esters is 1. The van der Waals surface area contributed by atoms with Crippen molar-refractivity contribution in [2.24, 2.45) is 0 Å². The van der Waals surface area contributed by atoms with Crippen molar-refractivity contribution in [1.82, 2.24) is 0 Å². The third-order valence-electron chi connectivity index (χ3n) is 2.84. The van der Waals surface area contributed by atoms with E-state index in [2.05, 4.69) is 43.4 Å². The molecule has 0 saturated carbocycles. The average molecular weight is 278 g/mol. The summed E-state index contributed by atoms with van der Waals surface area (Å²) < 4.78 is 4.85. The number of carbonyl (C=O) groups is 1. The summed E-state index contributed by atoms with van der Waals surface area (Å²) in [4.78, 5) is 10.5. The third-order valence-corrected chi connectivity index (χ3v) is 2.84. The number of hydrogen-bond acceptors (Lipinski definition) is 2. The van der Waals surface area contributed by atoms with Crippen LogP contribution >= 0.6 is 0 Å². The lowest BCUT2D eigenvalue weighted by Gasteiger charge is -1.97. The molecule has 20 heavy (non-hydrogen) atoms. The van der Waals surface area contributed by atoms with E-state index in [1.807, 2.05) is 0 Å². The minimum atomic E-state index is -0.197. The van der Waals surface area contributed by atoms with Gasteiger partial charge in [0, 0.05) is 6.92 Å². The van der Waals surface area contributed by atoms with Crippen LogP contribution in [-0.4, -0.2) is 12.6 Å². The summed E-state index contributed by atoms with van der Waals surface area (Å²) in [5.74, 6) is -0.197. The van der Waals surface area contributed by atoms with Crippen molar-refractivity contribution in [1.29, 1.82) is 0 Å². The van der Waals surface area contributed by atoms with Gasteiger partial charge in [0.2, 0.25) is 0 Å². The zero-order chi connectivity index (χ0) is 14.9. The summed E-state index contributed by atoms with van der Waals surface area (Å²) >= 11 is 0. The molecule has 0 unspecified atom stereocenters. The molecule has 2 nitrogen and oxygen atoms in total. The van der Waals surface area contributed by atoms with E-state index in [0.29, 0.717) is 6.61 Å². The van der Waals surface area contributed by atoms with E-state index in [1.165, 1.54) is 39.0 Å². The molecule has 0 aliphatic heterocycles. The molecule has 0 bridgehead atoms. The van der Waals surface area contributed by atoms with Crippen LogP contribution in [0.3, 0.4) is 0 Å². The Balaban J connectivity index is 3.30. The normalized spacial score (nSPS) is 11.9. The highest BCUT2D eigenvalue weighted by Crippen LogP contribution is 2.01. The van der Waals surface area contributed by atoms with Crippen LogP contribution in [0.4, 0.5) is 0 Å². The van der Waals surface area contributed by atoms with Crippen LogP contribution in [0.25, 0.3) is 0 Å². The van der Waals surface area contributed by atoms with Gasteiger partial charge in [-0.25, -0.2) is 0 Å². The monoisotopic (exact) mass is 278 g/mol. The summed E-state index contributed by atoms with van der Waals surface area (Å²) in [6.45, 7) is 4.19. The largest absolute Gasteiger partial charge is 0.466 e. The number of rotatable bonds is 12. The van der Waals surface area contributed by atoms with Crippen molar-refractivity contribution in [2.75, 3.05) is 6.61 Å². The van der Waals surface area contributed by atoms with E-state index >= 15 is 0 Å². The SMILES string of the molecule is CCCCC=CCCCC=CC=CCCCOC(C)=O. The van der Waals surface area contributed by atoms with Crippen molar-refractivity contribution in [2.45, 2.75) is 65.2 Å². The molecule has 2 heteroatoms. The van der Waals surface area contributed by atoms with Gasteiger partial charge in [0.25, 0.3) is 0 Å². The minimum absolute atomic E-state index is 0.197. The zero-order valence-corrected chi connectivity index (χ0v) is 13.1. The topological polar surface area (TPSA) is 26.3 Å². The van der Waals surface area contributed by atoms with Crippen molar-refractivity contribution in [3.63, 3.8) is 0 Å². The molecule has 0 amide bonds. The Morgan fingerprint density at radius 2 is 1.40 bits per heavy atom. The molecule has 0 rings (SSSR count). The van der Waals surface area contributed by atoms with Crippen LogP contribution < -0.4 is 0 Å². The van der Waals surface area contributed by atoms with Crippen LogP contribution in [0.2, 0.25) is 0 Å². The van der Waals surface area contributed by atoms with Crippen molar-refractivity contribution in [3.05, 3.63) is 36.5 Å². The third kappa shape index (κ3) is 16.7. The Hall–Kier alpha value is -1.31. The van der Waals surface area contributed by atoms with Crippen LogP contribution in [0, 0.1) is 0 Å². The summed E-state index contributed by atoms with van der Waals surface area (Å²) in [6.07, 6.45) is 22.3. The van der Waals surface area contributed by atoms with E-state index in [9.17, 15) is 4.79 Å². The predicted molar refractivity (Wildman–Crippen MR) is 86.7 cm³/mol. The second kappa shape index (κ2) is 15.7. The molecule has 114 valence electrons. The van der Waals surface area contributed by atoms with Crippen LogP contribution in [-0.2, 0) is 9.53 Å². The molecular weight excluding hydrogens is 248 g/mol. The van der Waals surface area contributed by atoms with Crippen LogP contribution in [0.5, 0.6) is 0 Å².